The van der Waals surface area contributed by atoms with E-state index in [9.17, 15) is 18.0 Å². The van der Waals surface area contributed by atoms with Crippen LogP contribution in [0.25, 0.3) is 11.4 Å². The van der Waals surface area contributed by atoms with Crippen LogP contribution < -0.4 is 9.47 Å². The zero-order valence-electron chi connectivity index (χ0n) is 15.9. The predicted molar refractivity (Wildman–Crippen MR) is 101 cm³/mol. The van der Waals surface area contributed by atoms with Crippen LogP contribution in [0.5, 0.6) is 11.6 Å². The van der Waals surface area contributed by atoms with Crippen LogP contribution in [0.1, 0.15) is 15.9 Å². The number of rotatable bonds is 4. The molecule has 6 nitrogen and oxygen atoms in total. The highest BCUT2D eigenvalue weighted by atomic mass is 19.1. The maximum Gasteiger partial charge on any atom is 0.261 e. The number of aromatic nitrogens is 2. The van der Waals surface area contributed by atoms with Crippen molar-refractivity contribution >= 4 is 5.91 Å². The molecule has 154 valence electrons. The molecule has 0 unspecified atom stereocenters. The van der Waals surface area contributed by atoms with E-state index >= 15 is 0 Å². The van der Waals surface area contributed by atoms with E-state index in [1.54, 1.807) is 6.07 Å². The first kappa shape index (κ1) is 19.7. The lowest BCUT2D eigenvalue weighted by Gasteiger charge is -2.20. The Labute approximate surface area is 169 Å². The zero-order chi connectivity index (χ0) is 21.3. The third kappa shape index (κ3) is 3.66. The zero-order valence-corrected chi connectivity index (χ0v) is 15.9. The lowest BCUT2D eigenvalue weighted by atomic mass is 10.1. The Bertz CT molecular complexity index is 1120. The minimum Gasteiger partial charge on any atom is -0.494 e. The maximum atomic E-state index is 14.5. The van der Waals surface area contributed by atoms with E-state index in [2.05, 4.69) is 9.97 Å². The summed E-state index contributed by atoms with van der Waals surface area (Å²) in [6.07, 6.45) is 1.25. The molecule has 0 atom stereocenters. The average molecular weight is 415 g/mol. The molecule has 0 saturated heterocycles. The van der Waals surface area contributed by atoms with Crippen molar-refractivity contribution in [1.82, 2.24) is 14.9 Å². The summed E-state index contributed by atoms with van der Waals surface area (Å²) in [5.74, 6) is -2.45. The first-order valence-corrected chi connectivity index (χ1v) is 9.04. The van der Waals surface area contributed by atoms with Gasteiger partial charge in [-0.25, -0.2) is 18.2 Å². The van der Waals surface area contributed by atoms with E-state index in [0.717, 1.165) is 12.1 Å². The fourth-order valence-corrected chi connectivity index (χ4v) is 3.12. The largest absolute Gasteiger partial charge is 0.494 e. The smallest absolute Gasteiger partial charge is 0.261 e. The van der Waals surface area contributed by atoms with Crippen LogP contribution in [0.2, 0.25) is 0 Å². The predicted octanol–water partition coefficient (Wildman–Crippen LogP) is 3.60. The molecule has 3 aromatic rings. The lowest BCUT2D eigenvalue weighted by molar-refractivity contribution is 0.0741. The highest BCUT2D eigenvalue weighted by molar-refractivity contribution is 5.96. The van der Waals surface area contributed by atoms with Crippen LogP contribution in [0.4, 0.5) is 13.2 Å². The Morgan fingerprint density at radius 3 is 2.77 bits per heavy atom. The lowest BCUT2D eigenvalue weighted by Crippen LogP contribution is -2.32. The van der Waals surface area contributed by atoms with Gasteiger partial charge < -0.3 is 14.4 Å². The van der Waals surface area contributed by atoms with E-state index in [1.165, 1.54) is 36.4 Å². The van der Waals surface area contributed by atoms with E-state index in [0.29, 0.717) is 0 Å². The molecule has 0 saturated carbocycles. The number of carbonyl (C=O) groups is 1. The van der Waals surface area contributed by atoms with Crippen molar-refractivity contribution in [3.63, 3.8) is 0 Å². The fourth-order valence-electron chi connectivity index (χ4n) is 3.12. The highest BCUT2D eigenvalue weighted by Gasteiger charge is 2.27. The number of hydrogen-bond acceptors (Lipinski definition) is 5. The molecule has 4 rings (SSSR count). The molecule has 30 heavy (non-hydrogen) atoms. The summed E-state index contributed by atoms with van der Waals surface area (Å²) in [6.45, 7) is 0.188. The van der Waals surface area contributed by atoms with Crippen LogP contribution in [-0.2, 0) is 6.54 Å². The minimum absolute atomic E-state index is 0.00861. The second-order valence-corrected chi connectivity index (χ2v) is 6.55. The molecule has 0 N–H and O–H groups in total. The highest BCUT2D eigenvalue weighted by Crippen LogP contribution is 2.29. The SMILES string of the molecule is COc1cccc(-c2ncc3c(n2)OCCN(Cc2ccc(F)cc2F)C3=O)c1F. The molecule has 1 aliphatic rings. The van der Waals surface area contributed by atoms with Gasteiger partial charge in [0.05, 0.1) is 19.2 Å². The van der Waals surface area contributed by atoms with E-state index < -0.39 is 23.4 Å². The van der Waals surface area contributed by atoms with Gasteiger partial charge in [0.15, 0.2) is 17.4 Å². The molecule has 1 aliphatic heterocycles. The molecule has 1 amide bonds. The van der Waals surface area contributed by atoms with Crippen molar-refractivity contribution in [2.75, 3.05) is 20.3 Å². The standard InChI is InChI=1S/C21H16F3N3O3/c1-29-17-4-2-3-14(18(17)24)19-25-10-15-20(26-19)30-8-7-27(21(15)28)11-12-5-6-13(22)9-16(12)23/h2-6,9-10H,7-8,11H2,1H3. The molecule has 1 aromatic heterocycles. The monoisotopic (exact) mass is 415 g/mol. The number of benzene rings is 2. The van der Waals surface area contributed by atoms with Gasteiger partial charge in [-0.2, -0.15) is 4.98 Å². The van der Waals surface area contributed by atoms with E-state index in [1.807, 2.05) is 0 Å². The molecule has 0 radical (unpaired) electrons. The summed E-state index contributed by atoms with van der Waals surface area (Å²) < 4.78 is 52.2. The van der Waals surface area contributed by atoms with Crippen LogP contribution in [-0.4, -0.2) is 41.0 Å². The maximum absolute atomic E-state index is 14.5. The summed E-state index contributed by atoms with van der Waals surface area (Å²) in [5, 5.41) is 0. The summed E-state index contributed by atoms with van der Waals surface area (Å²) in [5.41, 5.74) is 0.342. The number of hydrogen-bond donors (Lipinski definition) is 0. The summed E-state index contributed by atoms with van der Waals surface area (Å²) in [7, 11) is 1.35. The fraction of sp³-hybridized carbons (Fsp3) is 0.190. The number of fused-ring (bicyclic) bond motifs is 1. The Hall–Kier alpha value is -3.62. The Morgan fingerprint density at radius 1 is 1.17 bits per heavy atom. The summed E-state index contributed by atoms with van der Waals surface area (Å²) >= 11 is 0. The summed E-state index contributed by atoms with van der Waals surface area (Å²) in [4.78, 5) is 22.6. The molecule has 9 heteroatoms. The van der Waals surface area contributed by atoms with Gasteiger partial charge in [-0.1, -0.05) is 12.1 Å². The molecule has 2 heterocycles. The minimum atomic E-state index is -0.742. The number of amides is 1. The van der Waals surface area contributed by atoms with Gasteiger partial charge in [-0.3, -0.25) is 4.79 Å². The van der Waals surface area contributed by atoms with Crippen LogP contribution in [0, 0.1) is 17.5 Å². The third-order valence-corrected chi connectivity index (χ3v) is 4.67. The van der Waals surface area contributed by atoms with Crippen molar-refractivity contribution < 1.29 is 27.4 Å². The molecule has 0 spiro atoms. The van der Waals surface area contributed by atoms with Crippen molar-refractivity contribution in [1.29, 1.82) is 0 Å². The molecular formula is C21H16F3N3O3. The van der Waals surface area contributed by atoms with Crippen LogP contribution in [0.3, 0.4) is 0 Å². The normalized spacial score (nSPS) is 13.5. The number of methoxy groups -OCH3 is 1. The first-order valence-electron chi connectivity index (χ1n) is 9.04. The van der Waals surface area contributed by atoms with E-state index in [4.69, 9.17) is 9.47 Å². The summed E-state index contributed by atoms with van der Waals surface area (Å²) in [6, 6.07) is 7.73. The molecule has 2 aromatic carbocycles. The van der Waals surface area contributed by atoms with Gasteiger partial charge in [0.2, 0.25) is 5.88 Å². The van der Waals surface area contributed by atoms with Gasteiger partial charge in [-0.15, -0.1) is 0 Å². The van der Waals surface area contributed by atoms with Crippen LogP contribution >= 0.6 is 0 Å². The van der Waals surface area contributed by atoms with Gasteiger partial charge in [0.25, 0.3) is 5.91 Å². The first-order chi connectivity index (χ1) is 14.5. The van der Waals surface area contributed by atoms with Crippen molar-refractivity contribution in [2.24, 2.45) is 0 Å². The van der Waals surface area contributed by atoms with Gasteiger partial charge in [-0.05, 0) is 18.2 Å². The average Bonchev–Trinajstić information content (AvgIpc) is 2.89. The van der Waals surface area contributed by atoms with Gasteiger partial charge in [0, 0.05) is 24.4 Å². The second-order valence-electron chi connectivity index (χ2n) is 6.55. The third-order valence-electron chi connectivity index (χ3n) is 4.67. The quantitative estimate of drug-likeness (QED) is 0.652. The number of nitrogens with zero attached hydrogens (tertiary/aromatic N) is 3. The molecule has 0 fully saturated rings. The molecule has 0 bridgehead atoms. The Morgan fingerprint density at radius 2 is 2.00 bits per heavy atom. The van der Waals surface area contributed by atoms with Crippen molar-refractivity contribution in [2.45, 2.75) is 6.54 Å². The number of carbonyl (C=O) groups excluding carboxylic acids is 1. The molecule has 0 aliphatic carbocycles. The van der Waals surface area contributed by atoms with Crippen molar-refractivity contribution in [3.8, 4) is 23.0 Å². The van der Waals surface area contributed by atoms with Gasteiger partial charge >= 0.3 is 0 Å². The Balaban J connectivity index is 1.64. The Kier molecular flexibility index (Phi) is 5.26. The van der Waals surface area contributed by atoms with Crippen LogP contribution in [0.15, 0.2) is 42.6 Å². The number of ether oxygens (including phenoxy) is 2. The second kappa shape index (κ2) is 8.02. The van der Waals surface area contributed by atoms with Gasteiger partial charge in [0.1, 0.15) is 23.8 Å². The van der Waals surface area contributed by atoms with Crippen molar-refractivity contribution in [3.05, 3.63) is 71.2 Å². The topological polar surface area (TPSA) is 64.6 Å². The number of halogens is 3. The molecular weight excluding hydrogens is 399 g/mol. The van der Waals surface area contributed by atoms with E-state index in [-0.39, 0.29) is 53.8 Å².